The SMILES string of the molecule is [N-]=[N+]=Nc1cccc2cccc(S(=O)(=O)[O-])c12.[Na+]. The van der Waals surface area contributed by atoms with Crippen molar-refractivity contribution in [3.05, 3.63) is 46.8 Å². The van der Waals surface area contributed by atoms with Crippen LogP contribution in [0.5, 0.6) is 0 Å². The molecule has 0 aliphatic carbocycles. The van der Waals surface area contributed by atoms with Gasteiger partial charge < -0.3 is 4.55 Å². The van der Waals surface area contributed by atoms with Crippen molar-refractivity contribution in [2.75, 3.05) is 0 Å². The smallest absolute Gasteiger partial charge is 0.744 e. The molecule has 0 aliphatic heterocycles. The third kappa shape index (κ3) is 2.84. The molecule has 0 fully saturated rings. The second kappa shape index (κ2) is 5.71. The van der Waals surface area contributed by atoms with Crippen LogP contribution in [0.15, 0.2) is 46.4 Å². The molecule has 0 amide bonds. The van der Waals surface area contributed by atoms with Crippen LogP contribution in [0.3, 0.4) is 0 Å². The van der Waals surface area contributed by atoms with Crippen molar-refractivity contribution in [2.45, 2.75) is 4.90 Å². The minimum atomic E-state index is -4.60. The molecule has 0 saturated carbocycles. The molecule has 0 heterocycles. The van der Waals surface area contributed by atoms with Crippen molar-refractivity contribution in [3.63, 3.8) is 0 Å². The second-order valence-electron chi connectivity index (χ2n) is 3.27. The van der Waals surface area contributed by atoms with Crippen LogP contribution < -0.4 is 29.6 Å². The van der Waals surface area contributed by atoms with Gasteiger partial charge >= 0.3 is 29.6 Å². The van der Waals surface area contributed by atoms with E-state index in [1.165, 1.54) is 18.2 Å². The van der Waals surface area contributed by atoms with Crippen LogP contribution in [0, 0.1) is 0 Å². The summed E-state index contributed by atoms with van der Waals surface area (Å²) in [5.41, 5.74) is 8.53. The summed E-state index contributed by atoms with van der Waals surface area (Å²) in [6, 6.07) is 9.01. The van der Waals surface area contributed by atoms with Gasteiger partial charge in [-0.15, -0.1) is 0 Å². The van der Waals surface area contributed by atoms with E-state index >= 15 is 0 Å². The third-order valence-electron chi connectivity index (χ3n) is 2.27. The van der Waals surface area contributed by atoms with Gasteiger partial charge in [0.15, 0.2) is 0 Å². The number of hydrogen-bond acceptors (Lipinski definition) is 4. The van der Waals surface area contributed by atoms with E-state index in [-0.39, 0.29) is 45.5 Å². The summed E-state index contributed by atoms with van der Waals surface area (Å²) in [4.78, 5) is 2.23. The fourth-order valence-electron chi connectivity index (χ4n) is 1.63. The number of benzene rings is 2. The number of hydrogen-bond donors (Lipinski definition) is 0. The largest absolute Gasteiger partial charge is 1.00 e. The molecule has 86 valence electrons. The molecular formula is C10H6N3NaO3S. The van der Waals surface area contributed by atoms with Crippen LogP contribution in [-0.4, -0.2) is 13.0 Å². The zero-order valence-corrected chi connectivity index (χ0v) is 12.3. The first-order valence-electron chi connectivity index (χ1n) is 4.57. The predicted octanol–water partition coefficient (Wildman–Crippen LogP) is -0.310. The zero-order valence-electron chi connectivity index (χ0n) is 9.44. The summed E-state index contributed by atoms with van der Waals surface area (Å²) >= 11 is 0. The average Bonchev–Trinajstić information content (AvgIpc) is 2.28. The van der Waals surface area contributed by atoms with E-state index in [9.17, 15) is 13.0 Å². The number of fused-ring (bicyclic) bond motifs is 1. The third-order valence-corrected chi connectivity index (χ3v) is 3.15. The van der Waals surface area contributed by atoms with E-state index in [2.05, 4.69) is 10.0 Å². The molecule has 2 aromatic rings. The van der Waals surface area contributed by atoms with E-state index in [1.807, 2.05) is 0 Å². The Morgan fingerprint density at radius 3 is 2.33 bits per heavy atom. The van der Waals surface area contributed by atoms with Crippen LogP contribution in [0.4, 0.5) is 5.69 Å². The maximum atomic E-state index is 11.1. The Morgan fingerprint density at radius 2 is 1.78 bits per heavy atom. The van der Waals surface area contributed by atoms with Crippen molar-refractivity contribution in [2.24, 2.45) is 5.11 Å². The fourth-order valence-corrected chi connectivity index (χ4v) is 2.34. The first kappa shape index (κ1) is 15.0. The molecule has 0 N–H and O–H groups in total. The average molecular weight is 271 g/mol. The summed E-state index contributed by atoms with van der Waals surface area (Å²) in [5, 5.41) is 4.08. The zero-order chi connectivity index (χ0) is 12.5. The monoisotopic (exact) mass is 271 g/mol. The normalized spacial score (nSPS) is 10.5. The van der Waals surface area contributed by atoms with Crippen LogP contribution in [-0.2, 0) is 10.1 Å². The molecule has 2 aromatic carbocycles. The minimum Gasteiger partial charge on any atom is -0.744 e. The molecule has 0 spiro atoms. The Bertz CT molecular complexity index is 734. The molecule has 6 nitrogen and oxygen atoms in total. The standard InChI is InChI=1S/C10H7N3O3S.Na/c11-13-12-8-5-1-3-7-4-2-6-9(10(7)8)17(14,15)16;/h1-6H,(H,14,15,16);/q;+1/p-1. The molecule has 0 aliphatic rings. The summed E-state index contributed by atoms with van der Waals surface area (Å²) in [6.45, 7) is 0. The summed E-state index contributed by atoms with van der Waals surface area (Å²) in [7, 11) is -4.60. The molecule has 0 bridgehead atoms. The first-order valence-corrected chi connectivity index (χ1v) is 5.97. The van der Waals surface area contributed by atoms with E-state index in [0.717, 1.165) is 0 Å². The van der Waals surface area contributed by atoms with Gasteiger partial charge in [-0.05, 0) is 17.0 Å². The summed E-state index contributed by atoms with van der Waals surface area (Å²) in [5.74, 6) is 0. The Balaban J connectivity index is 0.00000162. The van der Waals surface area contributed by atoms with Crippen molar-refractivity contribution in [1.29, 1.82) is 0 Å². The maximum absolute atomic E-state index is 11.1. The van der Waals surface area contributed by atoms with E-state index in [4.69, 9.17) is 5.53 Å². The molecule has 0 radical (unpaired) electrons. The number of nitrogens with zero attached hydrogens (tertiary/aromatic N) is 3. The van der Waals surface area contributed by atoms with Gasteiger partial charge in [-0.2, -0.15) is 0 Å². The molecule has 0 aromatic heterocycles. The van der Waals surface area contributed by atoms with Gasteiger partial charge in [0.25, 0.3) is 0 Å². The Kier molecular flexibility index (Phi) is 4.75. The number of rotatable bonds is 2. The van der Waals surface area contributed by atoms with Gasteiger partial charge in [-0.1, -0.05) is 35.4 Å². The van der Waals surface area contributed by atoms with Crippen LogP contribution in [0.25, 0.3) is 21.2 Å². The second-order valence-corrected chi connectivity index (χ2v) is 4.62. The summed E-state index contributed by atoms with van der Waals surface area (Å²) < 4.78 is 33.3. The van der Waals surface area contributed by atoms with Gasteiger partial charge in [-0.3, -0.25) is 0 Å². The Labute approximate surface area is 125 Å². The quantitative estimate of drug-likeness (QED) is 0.246. The van der Waals surface area contributed by atoms with Gasteiger partial charge in [0.2, 0.25) is 0 Å². The van der Waals surface area contributed by atoms with Crippen molar-refractivity contribution in [3.8, 4) is 0 Å². The van der Waals surface area contributed by atoms with E-state index < -0.39 is 10.1 Å². The molecule has 0 atom stereocenters. The van der Waals surface area contributed by atoms with E-state index in [1.54, 1.807) is 18.2 Å². The van der Waals surface area contributed by atoms with Gasteiger partial charge in [0.1, 0.15) is 10.1 Å². The maximum Gasteiger partial charge on any atom is 1.00 e. The van der Waals surface area contributed by atoms with Gasteiger partial charge in [0, 0.05) is 16.0 Å². The van der Waals surface area contributed by atoms with Crippen LogP contribution >= 0.6 is 0 Å². The molecule has 18 heavy (non-hydrogen) atoms. The van der Waals surface area contributed by atoms with Crippen molar-refractivity contribution in [1.82, 2.24) is 0 Å². The topological polar surface area (TPSA) is 106 Å². The van der Waals surface area contributed by atoms with E-state index in [0.29, 0.717) is 5.39 Å². The molecule has 8 heteroatoms. The number of azide groups is 1. The molecule has 2 rings (SSSR count). The first-order chi connectivity index (χ1) is 8.04. The molecule has 0 unspecified atom stereocenters. The van der Waals surface area contributed by atoms with Crippen molar-refractivity contribution < 1.29 is 42.5 Å². The Morgan fingerprint density at radius 1 is 1.17 bits per heavy atom. The van der Waals surface area contributed by atoms with Crippen molar-refractivity contribution >= 4 is 26.6 Å². The fraction of sp³-hybridized carbons (Fsp3) is 0. The van der Waals surface area contributed by atoms with Gasteiger partial charge in [-0.25, -0.2) is 8.42 Å². The molecule has 0 saturated heterocycles. The van der Waals surface area contributed by atoms with Crippen LogP contribution in [0.2, 0.25) is 0 Å². The van der Waals surface area contributed by atoms with Crippen LogP contribution in [0.1, 0.15) is 0 Å². The predicted molar refractivity (Wildman–Crippen MR) is 60.7 cm³/mol. The molecular weight excluding hydrogens is 265 g/mol. The Hall–Kier alpha value is -1.08. The van der Waals surface area contributed by atoms with Gasteiger partial charge in [0.05, 0.1) is 4.90 Å². The minimum absolute atomic E-state index is 0. The summed E-state index contributed by atoms with van der Waals surface area (Å²) in [6.07, 6.45) is 0.